The summed E-state index contributed by atoms with van der Waals surface area (Å²) in [7, 11) is 2.66. The van der Waals surface area contributed by atoms with Crippen molar-refractivity contribution in [1.82, 2.24) is 0 Å². The lowest BCUT2D eigenvalue weighted by atomic mass is 10.1. The van der Waals surface area contributed by atoms with Crippen LogP contribution < -0.4 is 5.30 Å². The van der Waals surface area contributed by atoms with Gasteiger partial charge in [0.25, 0.3) is 0 Å². The van der Waals surface area contributed by atoms with Crippen LogP contribution in [0.25, 0.3) is 5.70 Å². The third-order valence-corrected chi connectivity index (χ3v) is 2.31. The molecule has 0 aliphatic heterocycles. The number of hydrogen-bond acceptors (Lipinski definition) is 1. The van der Waals surface area contributed by atoms with Crippen molar-refractivity contribution in [3.05, 3.63) is 35.4 Å². The van der Waals surface area contributed by atoms with Gasteiger partial charge in [-0.15, -0.1) is 9.24 Å². The summed E-state index contributed by atoms with van der Waals surface area (Å²) < 4.78 is 0. The third-order valence-electron chi connectivity index (χ3n) is 1.93. The lowest BCUT2D eigenvalue weighted by Crippen LogP contribution is -1.91. The van der Waals surface area contributed by atoms with E-state index in [1.54, 1.807) is 0 Å². The first kappa shape index (κ1) is 11.8. The van der Waals surface area contributed by atoms with E-state index in [0.29, 0.717) is 0 Å². The Balaban J connectivity index is 3.11. The van der Waals surface area contributed by atoms with Crippen molar-refractivity contribution in [1.29, 1.82) is 0 Å². The Hall–Kier alpha value is -1.27. The van der Waals surface area contributed by atoms with Gasteiger partial charge in [0.1, 0.15) is 6.34 Å². The lowest BCUT2D eigenvalue weighted by molar-refractivity contribution is 1.34. The van der Waals surface area contributed by atoms with E-state index in [-0.39, 0.29) is 0 Å². The topological polar surface area (TPSA) is 24.7 Å². The number of nitrogens with zero attached hydrogens (tertiary/aromatic N) is 2. The summed E-state index contributed by atoms with van der Waals surface area (Å²) in [6, 6.07) is 8.18. The fourth-order valence-electron chi connectivity index (χ4n) is 1.23. The van der Waals surface area contributed by atoms with Crippen LogP contribution in [0, 0.1) is 0 Å². The molecule has 0 saturated heterocycles. The first-order valence-corrected chi connectivity index (χ1v) is 5.24. The number of hydrogen-bond donors (Lipinski definition) is 0. The van der Waals surface area contributed by atoms with Crippen LogP contribution in [-0.4, -0.2) is 13.1 Å². The highest BCUT2D eigenvalue weighted by Gasteiger charge is 2.00. The highest BCUT2D eigenvalue weighted by atomic mass is 31.0. The number of benzene rings is 1. The third kappa shape index (κ3) is 3.41. The molecule has 1 rings (SSSR count). The molecule has 0 saturated carbocycles. The molecule has 0 aliphatic carbocycles. The minimum absolute atomic E-state index is 0.951. The first-order valence-electron chi connectivity index (χ1n) is 4.67. The van der Waals surface area contributed by atoms with Gasteiger partial charge in [0.15, 0.2) is 0 Å². The van der Waals surface area contributed by atoms with Crippen LogP contribution in [0.1, 0.15) is 19.4 Å². The zero-order chi connectivity index (χ0) is 11.3. The van der Waals surface area contributed by atoms with E-state index in [0.717, 1.165) is 22.1 Å². The van der Waals surface area contributed by atoms with Crippen LogP contribution in [0.15, 0.2) is 39.8 Å². The number of rotatable bonds is 3. The maximum atomic E-state index is 4.26. The number of aliphatic imine (C=N–C) groups is 2. The van der Waals surface area contributed by atoms with Crippen LogP contribution in [0.3, 0.4) is 0 Å². The van der Waals surface area contributed by atoms with Gasteiger partial charge in [-0.2, -0.15) is 0 Å². The molecule has 3 heteroatoms. The molecule has 0 amide bonds. The highest BCUT2D eigenvalue weighted by molar-refractivity contribution is 7.27. The minimum Gasteiger partial charge on any atom is -0.253 e. The summed E-state index contributed by atoms with van der Waals surface area (Å²) in [6.07, 6.45) is 1.47. The van der Waals surface area contributed by atoms with Gasteiger partial charge in [-0.05, 0) is 25.9 Å². The van der Waals surface area contributed by atoms with E-state index >= 15 is 0 Å². The smallest absolute Gasteiger partial charge is 0.115 e. The fourth-order valence-corrected chi connectivity index (χ4v) is 1.42. The van der Waals surface area contributed by atoms with Crippen molar-refractivity contribution in [2.45, 2.75) is 13.8 Å². The Morgan fingerprint density at radius 2 is 1.87 bits per heavy atom. The molecule has 0 bridgehead atoms. The summed E-state index contributed by atoms with van der Waals surface area (Å²) >= 11 is 0. The van der Waals surface area contributed by atoms with Crippen molar-refractivity contribution in [2.75, 3.05) is 0 Å². The Bertz CT molecular complexity index is 398. The molecule has 2 nitrogen and oxygen atoms in total. The molecule has 0 aromatic heterocycles. The van der Waals surface area contributed by atoms with Gasteiger partial charge in [0.2, 0.25) is 0 Å². The minimum atomic E-state index is 0.951. The standard InChI is InChI=1S/C12H15N2P/c1-9(2)12(14-8-13-3)10-4-6-11(15)7-5-10/h4-8H,3,15H2,1-2H3. The predicted molar refractivity (Wildman–Crippen MR) is 72.1 cm³/mol. The highest BCUT2D eigenvalue weighted by Crippen LogP contribution is 2.19. The van der Waals surface area contributed by atoms with Crippen LogP contribution >= 0.6 is 9.24 Å². The van der Waals surface area contributed by atoms with Crippen molar-refractivity contribution in [3.8, 4) is 0 Å². The first-order chi connectivity index (χ1) is 7.15. The molecule has 1 atom stereocenters. The van der Waals surface area contributed by atoms with Gasteiger partial charge in [0, 0.05) is 5.56 Å². The second kappa shape index (κ2) is 5.57. The summed E-state index contributed by atoms with van der Waals surface area (Å²) in [4.78, 5) is 7.88. The van der Waals surface area contributed by atoms with E-state index in [4.69, 9.17) is 0 Å². The van der Waals surface area contributed by atoms with Crippen LogP contribution in [0.2, 0.25) is 0 Å². The fraction of sp³-hybridized carbons (Fsp3) is 0.167. The van der Waals surface area contributed by atoms with Crippen LogP contribution in [-0.2, 0) is 0 Å². The normalized spacial score (nSPS) is 10.3. The Labute approximate surface area is 93.1 Å². The molecule has 0 aliphatic rings. The quantitative estimate of drug-likeness (QED) is 0.423. The molecule has 0 N–H and O–H groups in total. The zero-order valence-corrected chi connectivity index (χ0v) is 10.2. The van der Waals surface area contributed by atoms with Gasteiger partial charge < -0.3 is 0 Å². The molecule has 0 fully saturated rings. The lowest BCUT2D eigenvalue weighted by Gasteiger charge is -2.04. The number of allylic oxidation sites excluding steroid dienone is 1. The Morgan fingerprint density at radius 1 is 1.27 bits per heavy atom. The maximum absolute atomic E-state index is 4.26. The van der Waals surface area contributed by atoms with Gasteiger partial charge in [-0.3, -0.25) is 4.99 Å². The van der Waals surface area contributed by atoms with Gasteiger partial charge >= 0.3 is 0 Å². The van der Waals surface area contributed by atoms with Crippen molar-refractivity contribution < 1.29 is 0 Å². The maximum Gasteiger partial charge on any atom is 0.115 e. The van der Waals surface area contributed by atoms with Gasteiger partial charge in [-0.1, -0.05) is 29.8 Å². The molecule has 0 radical (unpaired) electrons. The Morgan fingerprint density at radius 3 is 2.33 bits per heavy atom. The molecule has 15 heavy (non-hydrogen) atoms. The van der Waals surface area contributed by atoms with Crippen molar-refractivity contribution in [3.63, 3.8) is 0 Å². The summed E-state index contributed by atoms with van der Waals surface area (Å²) in [5.41, 5.74) is 3.21. The van der Waals surface area contributed by atoms with Crippen molar-refractivity contribution in [2.24, 2.45) is 9.98 Å². The summed E-state index contributed by atoms with van der Waals surface area (Å²) in [5, 5.41) is 1.16. The van der Waals surface area contributed by atoms with Crippen molar-refractivity contribution >= 4 is 33.3 Å². The Kier molecular flexibility index (Phi) is 4.38. The molecule has 1 unspecified atom stereocenters. The average Bonchev–Trinajstić information content (AvgIpc) is 2.21. The molecule has 0 spiro atoms. The monoisotopic (exact) mass is 218 g/mol. The molecular weight excluding hydrogens is 203 g/mol. The summed E-state index contributed by atoms with van der Waals surface area (Å²) in [5.74, 6) is 0. The van der Waals surface area contributed by atoms with E-state index in [1.165, 1.54) is 6.34 Å². The van der Waals surface area contributed by atoms with Crippen LogP contribution in [0.4, 0.5) is 0 Å². The molecule has 1 aromatic rings. The van der Waals surface area contributed by atoms with Crippen LogP contribution in [0.5, 0.6) is 0 Å². The second-order valence-corrected chi connectivity index (χ2v) is 4.06. The van der Waals surface area contributed by atoms with E-state index < -0.39 is 0 Å². The van der Waals surface area contributed by atoms with E-state index in [9.17, 15) is 0 Å². The second-order valence-electron chi connectivity index (χ2n) is 3.40. The van der Waals surface area contributed by atoms with E-state index in [1.807, 2.05) is 38.1 Å². The van der Waals surface area contributed by atoms with Gasteiger partial charge in [0.05, 0.1) is 5.70 Å². The molecule has 78 valence electrons. The molecular formula is C12H15N2P. The SMILES string of the molecule is C=NC=NC(=C(C)C)c1ccc(P)cc1. The average molecular weight is 218 g/mol. The van der Waals surface area contributed by atoms with Gasteiger partial charge in [-0.25, -0.2) is 4.99 Å². The van der Waals surface area contributed by atoms with E-state index in [2.05, 4.69) is 25.9 Å². The predicted octanol–water partition coefficient (Wildman–Crippen LogP) is 2.67. The zero-order valence-electron chi connectivity index (χ0n) is 9.07. The molecule has 1 aromatic carbocycles. The molecule has 0 heterocycles. The summed E-state index contributed by atoms with van der Waals surface area (Å²) in [6.45, 7) is 7.44. The largest absolute Gasteiger partial charge is 0.253 e.